The molecule has 3 rings (SSSR count). The summed E-state index contributed by atoms with van der Waals surface area (Å²) >= 11 is 0. The Morgan fingerprint density at radius 1 is 1.10 bits per heavy atom. The molecular weight excluding hydrogens is 263 g/mol. The summed E-state index contributed by atoms with van der Waals surface area (Å²) in [6, 6.07) is 15.2. The van der Waals surface area contributed by atoms with Crippen LogP contribution in [0.25, 0.3) is 0 Å². The quantitative estimate of drug-likeness (QED) is 0.817. The van der Waals surface area contributed by atoms with Crippen LogP contribution in [0.3, 0.4) is 0 Å². The van der Waals surface area contributed by atoms with E-state index in [1.165, 1.54) is 23.6 Å². The van der Waals surface area contributed by atoms with Crippen molar-refractivity contribution in [1.29, 1.82) is 5.26 Å². The van der Waals surface area contributed by atoms with E-state index < -0.39 is 5.82 Å². The maximum atomic E-state index is 13.7. The zero-order valence-corrected chi connectivity index (χ0v) is 11.8. The predicted molar refractivity (Wildman–Crippen MR) is 81.5 cm³/mol. The van der Waals surface area contributed by atoms with Crippen molar-refractivity contribution in [1.82, 2.24) is 0 Å². The molecule has 0 bridgehead atoms. The molecule has 0 amide bonds. The molecule has 2 nitrogen and oxygen atoms in total. The summed E-state index contributed by atoms with van der Waals surface area (Å²) in [4.78, 5) is 0. The molecule has 1 N–H and O–H groups in total. The van der Waals surface area contributed by atoms with Crippen molar-refractivity contribution in [2.45, 2.75) is 31.7 Å². The Bertz CT molecular complexity index is 688. The first-order valence-electron chi connectivity index (χ1n) is 7.32. The van der Waals surface area contributed by atoms with Crippen molar-refractivity contribution in [3.63, 3.8) is 0 Å². The highest BCUT2D eigenvalue weighted by molar-refractivity contribution is 5.59. The van der Waals surface area contributed by atoms with E-state index in [1.54, 1.807) is 12.1 Å². The van der Waals surface area contributed by atoms with Crippen molar-refractivity contribution < 1.29 is 4.39 Å². The standard InChI is InChI=1S/C18H17FN2/c19-16-9-5-11-18(15(16)12-20)21-17-10-4-2-7-13-6-1-3-8-14(13)17/h1,3,5-6,8-9,11,17,21H,2,4,7,10H2. The Morgan fingerprint density at radius 3 is 2.81 bits per heavy atom. The van der Waals surface area contributed by atoms with Crippen LogP contribution in [-0.4, -0.2) is 0 Å². The highest BCUT2D eigenvalue weighted by atomic mass is 19.1. The summed E-state index contributed by atoms with van der Waals surface area (Å²) in [5, 5.41) is 12.5. The van der Waals surface area contributed by atoms with Crippen LogP contribution in [0.1, 0.15) is 42.0 Å². The fourth-order valence-corrected chi connectivity index (χ4v) is 3.02. The molecule has 106 valence electrons. The van der Waals surface area contributed by atoms with Crippen LogP contribution in [0.2, 0.25) is 0 Å². The number of halogens is 1. The Balaban J connectivity index is 1.96. The van der Waals surface area contributed by atoms with E-state index in [4.69, 9.17) is 5.26 Å². The van der Waals surface area contributed by atoms with Crippen LogP contribution < -0.4 is 5.32 Å². The predicted octanol–water partition coefficient (Wildman–Crippen LogP) is 4.58. The van der Waals surface area contributed by atoms with Gasteiger partial charge in [-0.25, -0.2) is 4.39 Å². The number of nitrogens with one attached hydrogen (secondary N) is 1. The van der Waals surface area contributed by atoms with Crippen molar-refractivity contribution in [3.05, 3.63) is 65.0 Å². The summed E-state index contributed by atoms with van der Waals surface area (Å²) in [5.74, 6) is -0.468. The monoisotopic (exact) mass is 280 g/mol. The lowest BCUT2D eigenvalue weighted by Crippen LogP contribution is -2.12. The molecule has 0 saturated heterocycles. The molecule has 2 aromatic rings. The van der Waals surface area contributed by atoms with Crippen molar-refractivity contribution in [2.24, 2.45) is 0 Å². The highest BCUT2D eigenvalue weighted by Gasteiger charge is 2.19. The van der Waals surface area contributed by atoms with Gasteiger partial charge in [0.2, 0.25) is 0 Å². The molecule has 2 aromatic carbocycles. The number of nitriles is 1. The number of benzene rings is 2. The van der Waals surface area contributed by atoms with Gasteiger partial charge in [-0.3, -0.25) is 0 Å². The molecular formula is C18H17FN2. The molecule has 0 aromatic heterocycles. The first-order valence-corrected chi connectivity index (χ1v) is 7.32. The lowest BCUT2D eigenvalue weighted by molar-refractivity contribution is 0.620. The second kappa shape index (κ2) is 5.97. The van der Waals surface area contributed by atoms with Gasteiger partial charge >= 0.3 is 0 Å². The number of fused-ring (bicyclic) bond motifs is 1. The van der Waals surface area contributed by atoms with Gasteiger partial charge in [0.05, 0.1) is 11.7 Å². The molecule has 1 aliphatic rings. The molecule has 0 aliphatic heterocycles. The van der Waals surface area contributed by atoms with Gasteiger partial charge in [0.15, 0.2) is 0 Å². The average molecular weight is 280 g/mol. The summed E-state index contributed by atoms with van der Waals surface area (Å²) in [6.07, 6.45) is 4.38. The Hall–Kier alpha value is -2.34. The van der Waals surface area contributed by atoms with Crippen molar-refractivity contribution in [3.8, 4) is 6.07 Å². The van der Waals surface area contributed by atoms with Gasteiger partial charge in [0.25, 0.3) is 0 Å². The lowest BCUT2D eigenvalue weighted by Gasteiger charge is -2.21. The minimum atomic E-state index is -0.468. The van der Waals surface area contributed by atoms with Crippen LogP contribution in [-0.2, 0) is 6.42 Å². The van der Waals surface area contributed by atoms with E-state index in [0.29, 0.717) is 5.69 Å². The third-order valence-electron chi connectivity index (χ3n) is 4.07. The van der Waals surface area contributed by atoms with E-state index in [2.05, 4.69) is 23.5 Å². The fourth-order valence-electron chi connectivity index (χ4n) is 3.02. The zero-order valence-electron chi connectivity index (χ0n) is 11.8. The van der Waals surface area contributed by atoms with Gasteiger partial charge in [-0.2, -0.15) is 5.26 Å². The summed E-state index contributed by atoms with van der Waals surface area (Å²) in [7, 11) is 0. The first kappa shape index (κ1) is 13.6. The lowest BCUT2D eigenvalue weighted by atomic mass is 9.98. The van der Waals surface area contributed by atoms with E-state index in [9.17, 15) is 4.39 Å². The van der Waals surface area contributed by atoms with E-state index in [1.807, 2.05) is 12.1 Å². The Kier molecular flexibility index (Phi) is 3.87. The van der Waals surface area contributed by atoms with Crippen molar-refractivity contribution >= 4 is 5.69 Å². The van der Waals surface area contributed by atoms with Crippen LogP contribution in [0.4, 0.5) is 10.1 Å². The van der Waals surface area contributed by atoms with Gasteiger partial charge in [-0.1, -0.05) is 36.8 Å². The molecule has 21 heavy (non-hydrogen) atoms. The van der Waals surface area contributed by atoms with E-state index in [0.717, 1.165) is 19.3 Å². The van der Waals surface area contributed by atoms with Gasteiger partial charge in [-0.05, 0) is 42.5 Å². The zero-order chi connectivity index (χ0) is 14.7. The van der Waals surface area contributed by atoms with Crippen molar-refractivity contribution in [2.75, 3.05) is 5.32 Å². The molecule has 0 heterocycles. The average Bonchev–Trinajstić information content (AvgIpc) is 2.70. The molecule has 1 aliphatic carbocycles. The molecule has 3 heteroatoms. The molecule has 0 spiro atoms. The normalized spacial score (nSPS) is 17.4. The first-order chi connectivity index (χ1) is 10.3. The van der Waals surface area contributed by atoms with Crippen LogP contribution >= 0.6 is 0 Å². The number of hydrogen-bond donors (Lipinski definition) is 1. The Morgan fingerprint density at radius 2 is 1.95 bits per heavy atom. The second-order valence-electron chi connectivity index (χ2n) is 5.42. The molecule has 1 unspecified atom stereocenters. The SMILES string of the molecule is N#Cc1c(F)cccc1NC1CCCCc2ccccc21. The van der Waals surface area contributed by atoms with Gasteiger partial charge in [0, 0.05) is 0 Å². The molecule has 0 radical (unpaired) electrons. The molecule has 0 saturated carbocycles. The third-order valence-corrected chi connectivity index (χ3v) is 4.07. The number of nitrogens with zero attached hydrogens (tertiary/aromatic N) is 1. The summed E-state index contributed by atoms with van der Waals surface area (Å²) < 4.78 is 13.7. The summed E-state index contributed by atoms with van der Waals surface area (Å²) in [5.41, 5.74) is 3.30. The number of aryl methyl sites for hydroxylation is 1. The third kappa shape index (κ3) is 2.75. The fraction of sp³-hybridized carbons (Fsp3) is 0.278. The maximum absolute atomic E-state index is 13.7. The molecule has 0 fully saturated rings. The van der Waals surface area contributed by atoms with E-state index in [-0.39, 0.29) is 11.6 Å². The topological polar surface area (TPSA) is 35.8 Å². The number of rotatable bonds is 2. The minimum Gasteiger partial charge on any atom is -0.377 e. The maximum Gasteiger partial charge on any atom is 0.143 e. The minimum absolute atomic E-state index is 0.0965. The van der Waals surface area contributed by atoms with Crippen LogP contribution in [0.5, 0.6) is 0 Å². The largest absolute Gasteiger partial charge is 0.377 e. The second-order valence-corrected chi connectivity index (χ2v) is 5.42. The molecule has 1 atom stereocenters. The highest BCUT2D eigenvalue weighted by Crippen LogP contribution is 2.32. The number of hydrogen-bond acceptors (Lipinski definition) is 2. The summed E-state index contributed by atoms with van der Waals surface area (Å²) in [6.45, 7) is 0. The van der Waals surface area contributed by atoms with Crippen LogP contribution in [0.15, 0.2) is 42.5 Å². The Labute approximate surface area is 124 Å². The van der Waals surface area contributed by atoms with E-state index >= 15 is 0 Å². The van der Waals surface area contributed by atoms with Crippen LogP contribution in [0, 0.1) is 17.1 Å². The smallest absolute Gasteiger partial charge is 0.143 e. The van der Waals surface area contributed by atoms with Gasteiger partial charge in [-0.15, -0.1) is 0 Å². The number of anilines is 1. The van der Waals surface area contributed by atoms with Gasteiger partial charge in [0.1, 0.15) is 17.4 Å². The van der Waals surface area contributed by atoms with Gasteiger partial charge < -0.3 is 5.32 Å².